The number of anilines is 1. The fourth-order valence-electron chi connectivity index (χ4n) is 2.45. The number of aryl methyl sites for hydroxylation is 1. The van der Waals surface area contributed by atoms with E-state index in [1.807, 2.05) is 36.0 Å². The summed E-state index contributed by atoms with van der Waals surface area (Å²) in [5, 5.41) is 9.60. The molecule has 2 aromatic heterocycles. The van der Waals surface area contributed by atoms with Gasteiger partial charge in [0.15, 0.2) is 11.5 Å². The summed E-state index contributed by atoms with van der Waals surface area (Å²) in [7, 11) is 1.92. The SMILES string of the molecule is Cn1nccc1CNc1nccc2cc3c(cc12)OCO3. The number of benzene rings is 1. The van der Waals surface area contributed by atoms with Crippen LogP contribution in [0.15, 0.2) is 36.7 Å². The first-order valence-electron chi connectivity index (χ1n) is 6.70. The molecule has 1 aliphatic rings. The van der Waals surface area contributed by atoms with Crippen molar-refractivity contribution in [2.75, 3.05) is 12.1 Å². The fraction of sp³-hybridized carbons (Fsp3) is 0.200. The van der Waals surface area contributed by atoms with Gasteiger partial charge in [-0.1, -0.05) is 0 Å². The van der Waals surface area contributed by atoms with Crippen molar-refractivity contribution in [3.05, 3.63) is 42.4 Å². The van der Waals surface area contributed by atoms with Crippen LogP contribution in [0.1, 0.15) is 5.69 Å². The van der Waals surface area contributed by atoms with Crippen molar-refractivity contribution < 1.29 is 9.47 Å². The molecule has 3 aromatic rings. The monoisotopic (exact) mass is 282 g/mol. The van der Waals surface area contributed by atoms with E-state index in [-0.39, 0.29) is 6.79 Å². The number of rotatable bonds is 3. The summed E-state index contributed by atoms with van der Waals surface area (Å²) >= 11 is 0. The third-order valence-corrected chi connectivity index (χ3v) is 3.62. The molecule has 21 heavy (non-hydrogen) atoms. The van der Waals surface area contributed by atoms with E-state index in [9.17, 15) is 0 Å². The van der Waals surface area contributed by atoms with Gasteiger partial charge < -0.3 is 14.8 Å². The summed E-state index contributed by atoms with van der Waals surface area (Å²) in [5.41, 5.74) is 1.09. The van der Waals surface area contributed by atoms with Gasteiger partial charge in [0.05, 0.1) is 12.2 Å². The second-order valence-electron chi connectivity index (χ2n) is 4.89. The topological polar surface area (TPSA) is 61.2 Å². The molecule has 0 aliphatic carbocycles. The predicted octanol–water partition coefficient (Wildman–Crippen LogP) is 2.31. The quantitative estimate of drug-likeness (QED) is 0.798. The van der Waals surface area contributed by atoms with E-state index < -0.39 is 0 Å². The van der Waals surface area contributed by atoms with E-state index in [2.05, 4.69) is 15.4 Å². The van der Waals surface area contributed by atoms with Gasteiger partial charge in [-0.05, 0) is 29.7 Å². The third-order valence-electron chi connectivity index (χ3n) is 3.62. The van der Waals surface area contributed by atoms with Crippen molar-refractivity contribution in [3.63, 3.8) is 0 Å². The van der Waals surface area contributed by atoms with E-state index in [4.69, 9.17) is 9.47 Å². The standard InChI is InChI=1S/C15H14N4O2/c1-19-11(3-5-18-19)8-17-15-12-7-14-13(20-9-21-14)6-10(12)2-4-16-15/h2-7H,8-9H2,1H3,(H,16,17). The lowest BCUT2D eigenvalue weighted by Crippen LogP contribution is -2.06. The average molecular weight is 282 g/mol. The smallest absolute Gasteiger partial charge is 0.231 e. The molecule has 1 aliphatic heterocycles. The highest BCUT2D eigenvalue weighted by atomic mass is 16.7. The van der Waals surface area contributed by atoms with Gasteiger partial charge in [-0.25, -0.2) is 4.98 Å². The van der Waals surface area contributed by atoms with Crippen molar-refractivity contribution in [2.45, 2.75) is 6.54 Å². The molecule has 3 heterocycles. The van der Waals surface area contributed by atoms with Crippen LogP contribution in [0.3, 0.4) is 0 Å². The zero-order valence-electron chi connectivity index (χ0n) is 11.5. The number of nitrogens with one attached hydrogen (secondary N) is 1. The number of ether oxygens (including phenoxy) is 2. The molecule has 1 N–H and O–H groups in total. The first-order valence-corrected chi connectivity index (χ1v) is 6.70. The molecular weight excluding hydrogens is 268 g/mol. The Labute approximate surface area is 121 Å². The Hall–Kier alpha value is -2.76. The highest BCUT2D eigenvalue weighted by Crippen LogP contribution is 2.37. The van der Waals surface area contributed by atoms with Crippen molar-refractivity contribution in [2.24, 2.45) is 7.05 Å². The Bertz CT molecular complexity index is 813. The number of aromatic nitrogens is 3. The van der Waals surface area contributed by atoms with E-state index in [0.29, 0.717) is 6.54 Å². The van der Waals surface area contributed by atoms with E-state index in [0.717, 1.165) is 33.8 Å². The number of hydrogen-bond acceptors (Lipinski definition) is 5. The Kier molecular flexibility index (Phi) is 2.67. The largest absolute Gasteiger partial charge is 0.454 e. The van der Waals surface area contributed by atoms with Gasteiger partial charge in [0.2, 0.25) is 6.79 Å². The van der Waals surface area contributed by atoms with Crippen LogP contribution >= 0.6 is 0 Å². The molecule has 0 bridgehead atoms. The molecule has 6 heteroatoms. The molecule has 0 spiro atoms. The van der Waals surface area contributed by atoms with Gasteiger partial charge in [0.25, 0.3) is 0 Å². The van der Waals surface area contributed by atoms with Gasteiger partial charge in [-0.2, -0.15) is 5.10 Å². The maximum Gasteiger partial charge on any atom is 0.231 e. The minimum absolute atomic E-state index is 0.275. The number of pyridine rings is 1. The lowest BCUT2D eigenvalue weighted by Gasteiger charge is -2.09. The number of nitrogens with zero attached hydrogens (tertiary/aromatic N) is 3. The first kappa shape index (κ1) is 12.0. The molecule has 6 nitrogen and oxygen atoms in total. The first-order chi connectivity index (χ1) is 10.3. The van der Waals surface area contributed by atoms with Gasteiger partial charge in [-0.3, -0.25) is 4.68 Å². The maximum atomic E-state index is 5.44. The van der Waals surface area contributed by atoms with Crippen molar-refractivity contribution in [3.8, 4) is 11.5 Å². The fourth-order valence-corrected chi connectivity index (χ4v) is 2.45. The van der Waals surface area contributed by atoms with Gasteiger partial charge in [-0.15, -0.1) is 0 Å². The van der Waals surface area contributed by atoms with Crippen LogP contribution in [0, 0.1) is 0 Å². The van der Waals surface area contributed by atoms with Crippen molar-refractivity contribution in [1.29, 1.82) is 0 Å². The summed E-state index contributed by atoms with van der Waals surface area (Å²) in [6, 6.07) is 7.89. The van der Waals surface area contributed by atoms with E-state index >= 15 is 0 Å². The van der Waals surface area contributed by atoms with Crippen LogP contribution in [0.4, 0.5) is 5.82 Å². The van der Waals surface area contributed by atoms with E-state index in [1.165, 1.54) is 0 Å². The van der Waals surface area contributed by atoms with Gasteiger partial charge in [0.1, 0.15) is 5.82 Å². The van der Waals surface area contributed by atoms with Crippen LogP contribution in [0.25, 0.3) is 10.8 Å². The van der Waals surface area contributed by atoms with Crippen LogP contribution in [-0.4, -0.2) is 21.6 Å². The lowest BCUT2D eigenvalue weighted by molar-refractivity contribution is 0.174. The molecule has 0 radical (unpaired) electrons. The Morgan fingerprint density at radius 1 is 1.19 bits per heavy atom. The zero-order chi connectivity index (χ0) is 14.2. The molecular formula is C15H14N4O2. The van der Waals surface area contributed by atoms with Crippen LogP contribution in [0.5, 0.6) is 11.5 Å². The minimum atomic E-state index is 0.275. The molecule has 0 fully saturated rings. The average Bonchev–Trinajstić information content (AvgIpc) is 3.11. The summed E-state index contributed by atoms with van der Waals surface area (Å²) in [6.07, 6.45) is 3.57. The molecule has 0 saturated carbocycles. The van der Waals surface area contributed by atoms with Crippen LogP contribution < -0.4 is 14.8 Å². The summed E-state index contributed by atoms with van der Waals surface area (Å²) in [6.45, 7) is 0.938. The van der Waals surface area contributed by atoms with Crippen molar-refractivity contribution in [1.82, 2.24) is 14.8 Å². The van der Waals surface area contributed by atoms with Crippen molar-refractivity contribution >= 4 is 16.6 Å². The molecule has 0 unspecified atom stereocenters. The highest BCUT2D eigenvalue weighted by Gasteiger charge is 2.15. The Morgan fingerprint density at radius 3 is 2.86 bits per heavy atom. The lowest BCUT2D eigenvalue weighted by atomic mass is 10.1. The van der Waals surface area contributed by atoms with Crippen LogP contribution in [-0.2, 0) is 13.6 Å². The molecule has 1 aromatic carbocycles. The Balaban J connectivity index is 1.70. The molecule has 4 rings (SSSR count). The normalized spacial score (nSPS) is 12.8. The van der Waals surface area contributed by atoms with Gasteiger partial charge >= 0.3 is 0 Å². The minimum Gasteiger partial charge on any atom is -0.454 e. The summed E-state index contributed by atoms with van der Waals surface area (Å²) in [4.78, 5) is 4.42. The second kappa shape index (κ2) is 4.66. The highest BCUT2D eigenvalue weighted by molar-refractivity contribution is 5.94. The number of hydrogen-bond donors (Lipinski definition) is 1. The Morgan fingerprint density at radius 2 is 2.05 bits per heavy atom. The molecule has 106 valence electrons. The predicted molar refractivity (Wildman–Crippen MR) is 78.4 cm³/mol. The van der Waals surface area contributed by atoms with E-state index in [1.54, 1.807) is 12.4 Å². The molecule has 0 saturated heterocycles. The summed E-state index contributed by atoms with van der Waals surface area (Å²) < 4.78 is 12.7. The zero-order valence-corrected chi connectivity index (χ0v) is 11.5. The third kappa shape index (κ3) is 2.05. The van der Waals surface area contributed by atoms with Crippen LogP contribution in [0.2, 0.25) is 0 Å². The molecule has 0 amide bonds. The second-order valence-corrected chi connectivity index (χ2v) is 4.89. The summed E-state index contributed by atoms with van der Waals surface area (Å²) in [5.74, 6) is 2.37. The molecule has 0 atom stereocenters. The maximum absolute atomic E-state index is 5.44. The van der Waals surface area contributed by atoms with Gasteiger partial charge in [0, 0.05) is 24.8 Å². The number of fused-ring (bicyclic) bond motifs is 2.